The van der Waals surface area contributed by atoms with Gasteiger partial charge in [0, 0.05) is 11.8 Å². The molecule has 16 heavy (non-hydrogen) atoms. The highest BCUT2D eigenvalue weighted by Gasteiger charge is 2.01. The number of aryl methyl sites for hydroxylation is 1. The van der Waals surface area contributed by atoms with Crippen LogP contribution in [0, 0.1) is 6.92 Å². The second kappa shape index (κ2) is 4.63. The summed E-state index contributed by atoms with van der Waals surface area (Å²) in [7, 11) is 0. The molecule has 4 N–H and O–H groups in total. The summed E-state index contributed by atoms with van der Waals surface area (Å²) in [6, 6.07) is 5.57. The molecule has 84 valence electrons. The number of aromatic nitrogens is 2. The number of hydrogen-bond acceptors (Lipinski definition) is 6. The van der Waals surface area contributed by atoms with E-state index in [0.717, 1.165) is 11.5 Å². The summed E-state index contributed by atoms with van der Waals surface area (Å²) in [6.07, 6.45) is 1.63. The van der Waals surface area contributed by atoms with Crippen molar-refractivity contribution in [3.63, 3.8) is 0 Å². The first-order valence-corrected chi connectivity index (χ1v) is 4.86. The maximum Gasteiger partial charge on any atom is 0.239 e. The minimum atomic E-state index is 0.391. The van der Waals surface area contributed by atoms with Crippen molar-refractivity contribution in [1.82, 2.24) is 9.97 Å². The highest BCUT2D eigenvalue weighted by Crippen LogP contribution is 2.10. The van der Waals surface area contributed by atoms with Gasteiger partial charge in [-0.25, -0.2) is 10.8 Å². The van der Waals surface area contributed by atoms with Crippen molar-refractivity contribution >= 4 is 11.8 Å². The number of anilines is 2. The lowest BCUT2D eigenvalue weighted by Crippen LogP contribution is -2.12. The smallest absolute Gasteiger partial charge is 0.239 e. The summed E-state index contributed by atoms with van der Waals surface area (Å²) < 4.78 is 5.20. The molecule has 0 fully saturated rings. The molecule has 0 aromatic carbocycles. The second-order valence-corrected chi connectivity index (χ2v) is 3.30. The predicted molar refractivity (Wildman–Crippen MR) is 60.6 cm³/mol. The fourth-order valence-electron chi connectivity index (χ4n) is 1.31. The predicted octanol–water partition coefficient (Wildman–Crippen LogP) is 1.28. The zero-order chi connectivity index (χ0) is 11.4. The molecule has 0 bridgehead atoms. The van der Waals surface area contributed by atoms with Crippen molar-refractivity contribution in [2.24, 2.45) is 5.84 Å². The Morgan fingerprint density at radius 1 is 1.44 bits per heavy atom. The molecule has 0 amide bonds. The Bertz CT molecular complexity index is 454. The number of nitrogen functional groups attached to an aromatic ring is 1. The van der Waals surface area contributed by atoms with E-state index in [1.165, 1.54) is 0 Å². The minimum Gasteiger partial charge on any atom is -0.467 e. The molecule has 2 heterocycles. The fourth-order valence-corrected chi connectivity index (χ4v) is 1.31. The first-order chi connectivity index (χ1) is 7.78. The first kappa shape index (κ1) is 10.4. The van der Waals surface area contributed by atoms with E-state index in [1.54, 1.807) is 6.26 Å². The molecule has 0 radical (unpaired) electrons. The van der Waals surface area contributed by atoms with Gasteiger partial charge in [0.25, 0.3) is 0 Å². The zero-order valence-corrected chi connectivity index (χ0v) is 8.90. The Kier molecular flexibility index (Phi) is 3.02. The maximum absolute atomic E-state index is 5.26. The van der Waals surface area contributed by atoms with Gasteiger partial charge in [0.15, 0.2) is 0 Å². The van der Waals surface area contributed by atoms with Crippen LogP contribution < -0.4 is 16.6 Å². The van der Waals surface area contributed by atoms with Gasteiger partial charge in [-0.1, -0.05) is 0 Å². The van der Waals surface area contributed by atoms with Crippen LogP contribution in [-0.4, -0.2) is 9.97 Å². The topological polar surface area (TPSA) is 89.0 Å². The van der Waals surface area contributed by atoms with Gasteiger partial charge in [-0.05, 0) is 19.1 Å². The molecule has 0 aliphatic rings. The largest absolute Gasteiger partial charge is 0.467 e. The molecular formula is C10H13N5O. The van der Waals surface area contributed by atoms with Crippen LogP contribution in [0.15, 0.2) is 28.9 Å². The summed E-state index contributed by atoms with van der Waals surface area (Å²) in [5.41, 5.74) is 3.25. The standard InChI is InChI=1S/C10H13N5O/c1-7-5-9(14-10(13-7)15-11)12-6-8-3-2-4-16-8/h2-5H,6,11H2,1H3,(H2,12,13,14,15). The molecule has 6 heteroatoms. The Morgan fingerprint density at radius 2 is 2.31 bits per heavy atom. The van der Waals surface area contributed by atoms with E-state index in [-0.39, 0.29) is 0 Å². The van der Waals surface area contributed by atoms with Gasteiger partial charge in [-0.3, -0.25) is 5.43 Å². The Morgan fingerprint density at radius 3 is 3.00 bits per heavy atom. The molecule has 0 saturated carbocycles. The van der Waals surface area contributed by atoms with Crippen molar-refractivity contribution < 1.29 is 4.42 Å². The van der Waals surface area contributed by atoms with Crippen LogP contribution in [0.4, 0.5) is 11.8 Å². The summed E-state index contributed by atoms with van der Waals surface area (Å²) in [4.78, 5) is 8.24. The maximum atomic E-state index is 5.26. The van der Waals surface area contributed by atoms with Crippen LogP contribution in [-0.2, 0) is 6.54 Å². The number of nitrogens with one attached hydrogen (secondary N) is 2. The van der Waals surface area contributed by atoms with E-state index in [9.17, 15) is 0 Å². The van der Waals surface area contributed by atoms with Crippen LogP contribution in [0.2, 0.25) is 0 Å². The van der Waals surface area contributed by atoms with E-state index in [2.05, 4.69) is 20.7 Å². The Hall–Kier alpha value is -2.08. The fraction of sp³-hybridized carbons (Fsp3) is 0.200. The van der Waals surface area contributed by atoms with E-state index in [4.69, 9.17) is 10.3 Å². The summed E-state index contributed by atoms with van der Waals surface area (Å²) in [6.45, 7) is 2.45. The van der Waals surface area contributed by atoms with Gasteiger partial charge >= 0.3 is 0 Å². The highest BCUT2D eigenvalue weighted by molar-refractivity contribution is 5.41. The molecule has 6 nitrogen and oxygen atoms in total. The van der Waals surface area contributed by atoms with Gasteiger partial charge in [-0.15, -0.1) is 0 Å². The van der Waals surface area contributed by atoms with Gasteiger partial charge < -0.3 is 9.73 Å². The van der Waals surface area contributed by atoms with Crippen LogP contribution >= 0.6 is 0 Å². The Balaban J connectivity index is 2.06. The lowest BCUT2D eigenvalue weighted by molar-refractivity contribution is 0.518. The monoisotopic (exact) mass is 219 g/mol. The van der Waals surface area contributed by atoms with Gasteiger partial charge in [0.1, 0.15) is 11.6 Å². The lowest BCUT2D eigenvalue weighted by Gasteiger charge is -2.06. The first-order valence-electron chi connectivity index (χ1n) is 4.86. The van der Waals surface area contributed by atoms with Crippen molar-refractivity contribution in [2.75, 3.05) is 10.7 Å². The quantitative estimate of drug-likeness (QED) is 0.530. The van der Waals surface area contributed by atoms with Crippen molar-refractivity contribution in [3.8, 4) is 0 Å². The molecule has 2 rings (SSSR count). The van der Waals surface area contributed by atoms with E-state index in [0.29, 0.717) is 18.3 Å². The van der Waals surface area contributed by atoms with Crippen LogP contribution in [0.25, 0.3) is 0 Å². The summed E-state index contributed by atoms with van der Waals surface area (Å²) in [5, 5.41) is 3.12. The molecule has 2 aromatic heterocycles. The van der Waals surface area contributed by atoms with E-state index < -0.39 is 0 Å². The van der Waals surface area contributed by atoms with Gasteiger partial charge in [-0.2, -0.15) is 4.98 Å². The van der Waals surface area contributed by atoms with Crippen LogP contribution in [0.3, 0.4) is 0 Å². The summed E-state index contributed by atoms with van der Waals surface area (Å²) >= 11 is 0. The average molecular weight is 219 g/mol. The number of nitrogens with zero attached hydrogens (tertiary/aromatic N) is 2. The number of nitrogens with two attached hydrogens (primary N) is 1. The molecule has 0 saturated heterocycles. The lowest BCUT2D eigenvalue weighted by atomic mass is 10.4. The normalized spacial score (nSPS) is 10.1. The Labute approximate surface area is 92.9 Å². The van der Waals surface area contributed by atoms with E-state index >= 15 is 0 Å². The van der Waals surface area contributed by atoms with E-state index in [1.807, 2.05) is 25.1 Å². The number of hydrogen-bond donors (Lipinski definition) is 3. The number of hydrazine groups is 1. The van der Waals surface area contributed by atoms with Crippen molar-refractivity contribution in [3.05, 3.63) is 35.9 Å². The SMILES string of the molecule is Cc1cc(NCc2ccco2)nc(NN)n1. The van der Waals surface area contributed by atoms with Crippen molar-refractivity contribution in [2.45, 2.75) is 13.5 Å². The molecular weight excluding hydrogens is 206 g/mol. The van der Waals surface area contributed by atoms with Gasteiger partial charge in [0.05, 0.1) is 12.8 Å². The third-order valence-electron chi connectivity index (χ3n) is 2.01. The molecule has 0 aliphatic carbocycles. The summed E-state index contributed by atoms with van der Waals surface area (Å²) in [5.74, 6) is 7.20. The molecule has 0 atom stereocenters. The molecule has 0 spiro atoms. The highest BCUT2D eigenvalue weighted by atomic mass is 16.3. The third-order valence-corrected chi connectivity index (χ3v) is 2.01. The van der Waals surface area contributed by atoms with Gasteiger partial charge in [0.2, 0.25) is 5.95 Å². The van der Waals surface area contributed by atoms with Crippen LogP contribution in [0.5, 0.6) is 0 Å². The molecule has 2 aromatic rings. The van der Waals surface area contributed by atoms with Crippen molar-refractivity contribution in [1.29, 1.82) is 0 Å². The van der Waals surface area contributed by atoms with Crippen LogP contribution in [0.1, 0.15) is 11.5 Å². The third kappa shape index (κ3) is 2.48. The molecule has 0 unspecified atom stereocenters. The second-order valence-electron chi connectivity index (χ2n) is 3.30. The minimum absolute atomic E-state index is 0.391. The number of rotatable bonds is 4. The molecule has 0 aliphatic heterocycles. The average Bonchev–Trinajstić information content (AvgIpc) is 2.78. The number of furan rings is 1. The zero-order valence-electron chi connectivity index (χ0n) is 8.90.